The second-order valence-electron chi connectivity index (χ2n) is 3.15. The molecule has 1 saturated carbocycles. The van der Waals surface area contributed by atoms with Gasteiger partial charge in [-0.1, -0.05) is 10.2 Å². The molecule has 0 bridgehead atoms. The van der Waals surface area contributed by atoms with Crippen molar-refractivity contribution < 1.29 is 17.6 Å². The predicted octanol–water partition coefficient (Wildman–Crippen LogP) is 1.16. The molecule has 2 rings (SSSR count). The van der Waals surface area contributed by atoms with Gasteiger partial charge in [0.05, 0.1) is 0 Å². The van der Waals surface area contributed by atoms with Crippen LogP contribution in [0.3, 0.4) is 0 Å². The number of nitrogens with one attached hydrogen (secondary N) is 1. The van der Waals surface area contributed by atoms with E-state index in [1.807, 2.05) is 0 Å². The van der Waals surface area contributed by atoms with E-state index in [2.05, 4.69) is 19.9 Å². The van der Waals surface area contributed by atoms with Gasteiger partial charge >= 0.3 is 18.2 Å². The quantitative estimate of drug-likeness (QED) is 0.762. The number of halogens is 3. The Morgan fingerprint density at radius 1 is 1.36 bits per heavy atom. The first-order chi connectivity index (χ1) is 6.43. The van der Waals surface area contributed by atoms with E-state index in [-0.39, 0.29) is 24.9 Å². The molecule has 0 unspecified atom stereocenters. The van der Waals surface area contributed by atoms with Crippen LogP contribution in [0.1, 0.15) is 12.8 Å². The number of hydrogen-bond acceptors (Lipinski definition) is 5. The SMILES string of the molecule is Nc1nnc(NC2(C(F)(F)F)CC2)o1. The Kier molecular flexibility index (Phi) is 1.64. The van der Waals surface area contributed by atoms with Gasteiger partial charge in [-0.15, -0.1) is 0 Å². The van der Waals surface area contributed by atoms with E-state index in [4.69, 9.17) is 5.73 Å². The summed E-state index contributed by atoms with van der Waals surface area (Å²) in [7, 11) is 0. The van der Waals surface area contributed by atoms with Crippen LogP contribution in [0.5, 0.6) is 0 Å². The molecule has 0 spiro atoms. The topological polar surface area (TPSA) is 77.0 Å². The lowest BCUT2D eigenvalue weighted by molar-refractivity contribution is -0.151. The number of rotatable bonds is 2. The lowest BCUT2D eigenvalue weighted by atomic mass is 10.3. The summed E-state index contributed by atoms with van der Waals surface area (Å²) in [5.74, 6) is 0. The highest BCUT2D eigenvalue weighted by molar-refractivity contribution is 5.33. The molecule has 8 heteroatoms. The average molecular weight is 208 g/mol. The minimum absolute atomic E-state index is 0.0127. The number of aromatic nitrogens is 2. The van der Waals surface area contributed by atoms with Crippen molar-refractivity contribution >= 4 is 12.0 Å². The molecule has 1 aliphatic carbocycles. The summed E-state index contributed by atoms with van der Waals surface area (Å²) < 4.78 is 41.8. The Hall–Kier alpha value is -1.47. The maximum atomic E-state index is 12.4. The zero-order chi connectivity index (χ0) is 10.4. The minimum atomic E-state index is -4.31. The number of hydrogen-bond donors (Lipinski definition) is 2. The molecule has 0 saturated heterocycles. The summed E-state index contributed by atoms with van der Waals surface area (Å²) in [6.07, 6.45) is -4.28. The van der Waals surface area contributed by atoms with Crippen molar-refractivity contribution in [3.8, 4) is 0 Å². The summed E-state index contributed by atoms with van der Waals surface area (Å²) in [6, 6.07) is -0.553. The van der Waals surface area contributed by atoms with Gasteiger partial charge in [0.2, 0.25) is 0 Å². The average Bonchev–Trinajstić information content (AvgIpc) is 2.71. The Balaban J connectivity index is 2.12. The number of alkyl halides is 3. The van der Waals surface area contributed by atoms with Gasteiger partial charge < -0.3 is 15.5 Å². The third-order valence-electron chi connectivity index (χ3n) is 2.08. The zero-order valence-electron chi connectivity index (χ0n) is 6.93. The van der Waals surface area contributed by atoms with Crippen molar-refractivity contribution in [3.63, 3.8) is 0 Å². The molecule has 0 aromatic carbocycles. The van der Waals surface area contributed by atoms with Gasteiger partial charge in [0.25, 0.3) is 0 Å². The van der Waals surface area contributed by atoms with Gasteiger partial charge in [0.15, 0.2) is 0 Å². The van der Waals surface area contributed by atoms with Gasteiger partial charge in [-0.25, -0.2) is 0 Å². The minimum Gasteiger partial charge on any atom is -0.390 e. The number of nitrogens with two attached hydrogens (primary N) is 1. The largest absolute Gasteiger partial charge is 0.411 e. The molecule has 1 heterocycles. The Bertz CT molecular complexity index is 343. The lowest BCUT2D eigenvalue weighted by Gasteiger charge is -2.18. The van der Waals surface area contributed by atoms with Crippen LogP contribution >= 0.6 is 0 Å². The number of anilines is 2. The van der Waals surface area contributed by atoms with E-state index in [1.165, 1.54) is 0 Å². The van der Waals surface area contributed by atoms with E-state index in [1.54, 1.807) is 0 Å². The van der Waals surface area contributed by atoms with E-state index in [0.717, 1.165) is 0 Å². The van der Waals surface area contributed by atoms with Crippen LogP contribution in [0.2, 0.25) is 0 Å². The highest BCUT2D eigenvalue weighted by Gasteiger charge is 2.64. The lowest BCUT2D eigenvalue weighted by Crippen LogP contribution is -2.38. The van der Waals surface area contributed by atoms with Gasteiger partial charge in [0.1, 0.15) is 5.54 Å². The van der Waals surface area contributed by atoms with Gasteiger partial charge in [-0.3, -0.25) is 0 Å². The fraction of sp³-hybridized carbons (Fsp3) is 0.667. The summed E-state index contributed by atoms with van der Waals surface area (Å²) in [5.41, 5.74) is 3.17. The molecule has 1 aliphatic rings. The summed E-state index contributed by atoms with van der Waals surface area (Å²) in [4.78, 5) is 0. The molecule has 0 aliphatic heterocycles. The Morgan fingerprint density at radius 3 is 2.36 bits per heavy atom. The van der Waals surface area contributed by atoms with Crippen molar-refractivity contribution in [2.24, 2.45) is 0 Å². The van der Waals surface area contributed by atoms with Crippen LogP contribution in [-0.4, -0.2) is 21.9 Å². The molecule has 1 fully saturated rings. The second-order valence-corrected chi connectivity index (χ2v) is 3.15. The summed E-state index contributed by atoms with van der Waals surface area (Å²) in [6.45, 7) is 0. The monoisotopic (exact) mass is 208 g/mol. The predicted molar refractivity (Wildman–Crippen MR) is 40.4 cm³/mol. The zero-order valence-corrected chi connectivity index (χ0v) is 6.93. The number of nitrogens with zero attached hydrogens (tertiary/aromatic N) is 2. The van der Waals surface area contributed by atoms with Crippen molar-refractivity contribution in [1.82, 2.24) is 10.2 Å². The molecule has 0 amide bonds. The highest BCUT2D eigenvalue weighted by Crippen LogP contribution is 2.50. The first-order valence-electron chi connectivity index (χ1n) is 3.87. The van der Waals surface area contributed by atoms with Gasteiger partial charge in [-0.05, 0) is 12.8 Å². The molecule has 0 atom stereocenters. The molecular formula is C6H7F3N4O. The summed E-state index contributed by atoms with van der Waals surface area (Å²) in [5, 5.41) is 8.69. The smallest absolute Gasteiger partial charge is 0.390 e. The van der Waals surface area contributed by atoms with Crippen molar-refractivity contribution in [2.75, 3.05) is 11.1 Å². The van der Waals surface area contributed by atoms with E-state index in [0.29, 0.717) is 0 Å². The molecular weight excluding hydrogens is 201 g/mol. The van der Waals surface area contributed by atoms with Crippen LogP contribution < -0.4 is 11.1 Å². The van der Waals surface area contributed by atoms with Crippen LogP contribution in [0.25, 0.3) is 0 Å². The van der Waals surface area contributed by atoms with E-state index >= 15 is 0 Å². The van der Waals surface area contributed by atoms with Crippen LogP contribution in [0.15, 0.2) is 4.42 Å². The van der Waals surface area contributed by atoms with Crippen LogP contribution in [0, 0.1) is 0 Å². The van der Waals surface area contributed by atoms with Crippen LogP contribution in [-0.2, 0) is 0 Å². The van der Waals surface area contributed by atoms with E-state index < -0.39 is 11.7 Å². The third kappa shape index (κ3) is 1.36. The maximum absolute atomic E-state index is 12.4. The molecule has 1 aromatic heterocycles. The standard InChI is InChI=1S/C6H7F3N4O/c7-6(8,9)5(1-2-5)11-4-13-12-3(10)14-4/h1-2H2,(H2,10,12)(H,11,13). The van der Waals surface area contributed by atoms with Gasteiger partial charge in [-0.2, -0.15) is 13.2 Å². The molecule has 5 nitrogen and oxygen atoms in total. The normalized spacial score (nSPS) is 19.4. The van der Waals surface area contributed by atoms with Crippen LogP contribution in [0.4, 0.5) is 25.2 Å². The Labute approximate surface area is 76.5 Å². The first kappa shape index (κ1) is 9.10. The molecule has 0 radical (unpaired) electrons. The number of nitrogen functional groups attached to an aromatic ring is 1. The third-order valence-corrected chi connectivity index (χ3v) is 2.08. The highest BCUT2D eigenvalue weighted by atomic mass is 19.4. The summed E-state index contributed by atoms with van der Waals surface area (Å²) >= 11 is 0. The van der Waals surface area contributed by atoms with Crippen molar-refractivity contribution in [3.05, 3.63) is 0 Å². The fourth-order valence-corrected chi connectivity index (χ4v) is 1.09. The van der Waals surface area contributed by atoms with E-state index in [9.17, 15) is 13.2 Å². The Morgan fingerprint density at radius 2 is 2.00 bits per heavy atom. The van der Waals surface area contributed by atoms with Crippen molar-refractivity contribution in [1.29, 1.82) is 0 Å². The molecule has 1 aromatic rings. The fourth-order valence-electron chi connectivity index (χ4n) is 1.09. The molecule has 78 valence electrons. The van der Waals surface area contributed by atoms with Gasteiger partial charge in [0, 0.05) is 0 Å². The first-order valence-corrected chi connectivity index (χ1v) is 3.87. The molecule has 3 N–H and O–H groups in total. The molecule has 14 heavy (non-hydrogen) atoms. The maximum Gasteiger partial charge on any atom is 0.411 e. The van der Waals surface area contributed by atoms with Crippen molar-refractivity contribution in [2.45, 2.75) is 24.6 Å². The second kappa shape index (κ2) is 2.52.